The Hall–Kier alpha value is -1.47. The van der Waals surface area contributed by atoms with Gasteiger partial charge in [-0.25, -0.2) is 0 Å². The maximum absolute atomic E-state index is 11.6. The van der Waals surface area contributed by atoms with Crippen molar-refractivity contribution in [2.75, 3.05) is 13.7 Å². The number of nitrogens with zero attached hydrogens (tertiary/aromatic N) is 2. The minimum absolute atomic E-state index is 0.0683. The molecule has 1 aliphatic carbocycles. The molecule has 1 aliphatic rings. The van der Waals surface area contributed by atoms with E-state index in [1.165, 1.54) is 0 Å². The molecule has 1 aromatic rings. The van der Waals surface area contributed by atoms with Gasteiger partial charge in [-0.15, -0.1) is 0 Å². The summed E-state index contributed by atoms with van der Waals surface area (Å²) < 4.78 is 10.1. The molecule has 0 aliphatic heterocycles. The van der Waals surface area contributed by atoms with Gasteiger partial charge in [0.25, 0.3) is 11.7 Å². The van der Waals surface area contributed by atoms with Crippen molar-refractivity contribution >= 4 is 5.91 Å². The van der Waals surface area contributed by atoms with Crippen molar-refractivity contribution in [3.63, 3.8) is 0 Å². The van der Waals surface area contributed by atoms with E-state index in [0.29, 0.717) is 18.9 Å². The van der Waals surface area contributed by atoms with Gasteiger partial charge in [-0.1, -0.05) is 5.16 Å². The van der Waals surface area contributed by atoms with Crippen LogP contribution in [0.1, 0.15) is 29.4 Å². The molecule has 2 rings (SSSR count). The lowest BCUT2D eigenvalue weighted by molar-refractivity contribution is 0.0937. The molecular weight excluding hydrogens is 224 g/mol. The van der Waals surface area contributed by atoms with Crippen LogP contribution in [0.25, 0.3) is 0 Å². The van der Waals surface area contributed by atoms with Crippen molar-refractivity contribution in [1.82, 2.24) is 15.5 Å². The number of nitrogens with two attached hydrogens (primary N) is 1. The molecule has 7 heteroatoms. The molecule has 1 unspecified atom stereocenters. The van der Waals surface area contributed by atoms with Crippen molar-refractivity contribution in [3.8, 4) is 0 Å². The highest BCUT2D eigenvalue weighted by Gasteiger charge is 2.26. The molecule has 1 fully saturated rings. The monoisotopic (exact) mass is 240 g/mol. The van der Waals surface area contributed by atoms with E-state index in [9.17, 15) is 4.79 Å². The van der Waals surface area contributed by atoms with Gasteiger partial charge in [0.2, 0.25) is 5.89 Å². The summed E-state index contributed by atoms with van der Waals surface area (Å²) in [4.78, 5) is 15.6. The molecule has 94 valence electrons. The van der Waals surface area contributed by atoms with Crippen LogP contribution in [0.15, 0.2) is 4.52 Å². The average Bonchev–Trinajstić information content (AvgIpc) is 3.02. The van der Waals surface area contributed by atoms with E-state index in [4.69, 9.17) is 15.0 Å². The van der Waals surface area contributed by atoms with Crippen LogP contribution in [0, 0.1) is 0 Å². The first kappa shape index (κ1) is 12.0. The van der Waals surface area contributed by atoms with Crippen LogP contribution >= 0.6 is 0 Å². The van der Waals surface area contributed by atoms with Crippen molar-refractivity contribution in [1.29, 1.82) is 0 Å². The standard InChI is InChI=1S/C10H16N4O3/c1-16-7(5-11)4-8-13-9(14-17-8)10(15)12-6-2-3-6/h6-7H,2-5,11H2,1H3,(H,12,15). The normalized spacial score (nSPS) is 16.8. The predicted molar refractivity (Wildman–Crippen MR) is 58.3 cm³/mol. The summed E-state index contributed by atoms with van der Waals surface area (Å²) in [5.74, 6) is 0.145. The SMILES string of the molecule is COC(CN)Cc1nc(C(=O)NC2CC2)no1. The zero-order valence-electron chi connectivity index (χ0n) is 9.68. The lowest BCUT2D eigenvalue weighted by atomic mass is 10.2. The molecule has 1 amide bonds. The summed E-state index contributed by atoms with van der Waals surface area (Å²) in [7, 11) is 1.56. The number of hydrogen-bond donors (Lipinski definition) is 2. The fourth-order valence-corrected chi connectivity index (χ4v) is 1.37. The molecule has 1 atom stereocenters. The average molecular weight is 240 g/mol. The van der Waals surface area contributed by atoms with Gasteiger partial charge < -0.3 is 20.3 Å². The third-order valence-electron chi connectivity index (χ3n) is 2.58. The molecule has 0 spiro atoms. The summed E-state index contributed by atoms with van der Waals surface area (Å²) in [5.41, 5.74) is 5.48. The molecular formula is C10H16N4O3. The Morgan fingerprint density at radius 3 is 3.06 bits per heavy atom. The van der Waals surface area contributed by atoms with Crippen LogP contribution in [-0.2, 0) is 11.2 Å². The molecule has 7 nitrogen and oxygen atoms in total. The van der Waals surface area contributed by atoms with Gasteiger partial charge in [-0.3, -0.25) is 4.79 Å². The summed E-state index contributed by atoms with van der Waals surface area (Å²) >= 11 is 0. The van der Waals surface area contributed by atoms with E-state index < -0.39 is 0 Å². The van der Waals surface area contributed by atoms with Crippen molar-refractivity contribution < 1.29 is 14.1 Å². The van der Waals surface area contributed by atoms with Gasteiger partial charge in [-0.05, 0) is 12.8 Å². The third-order valence-corrected chi connectivity index (χ3v) is 2.58. The number of methoxy groups -OCH3 is 1. The van der Waals surface area contributed by atoms with E-state index in [-0.39, 0.29) is 23.9 Å². The number of amides is 1. The van der Waals surface area contributed by atoms with Crippen molar-refractivity contribution in [2.24, 2.45) is 5.73 Å². The second-order valence-corrected chi connectivity index (χ2v) is 4.06. The van der Waals surface area contributed by atoms with Gasteiger partial charge in [0.15, 0.2) is 0 Å². The Morgan fingerprint density at radius 2 is 2.47 bits per heavy atom. The Labute approximate surface area is 98.7 Å². The van der Waals surface area contributed by atoms with Gasteiger partial charge in [-0.2, -0.15) is 4.98 Å². The van der Waals surface area contributed by atoms with E-state index >= 15 is 0 Å². The maximum atomic E-state index is 11.6. The van der Waals surface area contributed by atoms with Crippen LogP contribution in [0.4, 0.5) is 0 Å². The lowest BCUT2D eigenvalue weighted by Gasteiger charge is -2.08. The molecule has 3 N–H and O–H groups in total. The Kier molecular flexibility index (Phi) is 3.70. The Bertz CT molecular complexity index is 385. The summed E-state index contributed by atoms with van der Waals surface area (Å²) in [5, 5.41) is 6.41. The molecule has 0 aromatic carbocycles. The van der Waals surface area contributed by atoms with Crippen molar-refractivity contribution in [2.45, 2.75) is 31.4 Å². The predicted octanol–water partition coefficient (Wildman–Crippen LogP) is -0.522. The van der Waals surface area contributed by atoms with E-state index in [1.807, 2.05) is 0 Å². The fraction of sp³-hybridized carbons (Fsp3) is 0.700. The van der Waals surface area contributed by atoms with Crippen LogP contribution < -0.4 is 11.1 Å². The largest absolute Gasteiger partial charge is 0.380 e. The highest BCUT2D eigenvalue weighted by molar-refractivity contribution is 5.90. The second kappa shape index (κ2) is 5.24. The molecule has 0 bridgehead atoms. The molecule has 1 heterocycles. The quantitative estimate of drug-likeness (QED) is 0.693. The number of carbonyl (C=O) groups excluding carboxylic acids is 1. The van der Waals surface area contributed by atoms with Gasteiger partial charge >= 0.3 is 0 Å². The highest BCUT2D eigenvalue weighted by Crippen LogP contribution is 2.18. The summed E-state index contributed by atoms with van der Waals surface area (Å²) in [6, 6.07) is 0.278. The molecule has 1 aromatic heterocycles. The third kappa shape index (κ3) is 3.24. The van der Waals surface area contributed by atoms with Gasteiger partial charge in [0.05, 0.1) is 12.5 Å². The summed E-state index contributed by atoms with van der Waals surface area (Å²) in [6.45, 7) is 0.364. The number of hydrogen-bond acceptors (Lipinski definition) is 6. The van der Waals surface area contributed by atoms with E-state index in [0.717, 1.165) is 12.8 Å². The first-order valence-corrected chi connectivity index (χ1v) is 5.59. The molecule has 17 heavy (non-hydrogen) atoms. The highest BCUT2D eigenvalue weighted by atomic mass is 16.5. The molecule has 0 radical (unpaired) electrons. The first-order valence-electron chi connectivity index (χ1n) is 5.59. The number of nitrogens with one attached hydrogen (secondary N) is 1. The van der Waals surface area contributed by atoms with Crippen LogP contribution in [-0.4, -0.2) is 41.8 Å². The fourth-order valence-electron chi connectivity index (χ4n) is 1.37. The number of ether oxygens (including phenoxy) is 1. The molecule has 0 saturated heterocycles. The van der Waals surface area contributed by atoms with E-state index in [2.05, 4.69) is 15.5 Å². The summed E-state index contributed by atoms with van der Waals surface area (Å²) in [6.07, 6.45) is 2.29. The van der Waals surface area contributed by atoms with Gasteiger partial charge in [0.1, 0.15) is 0 Å². The molecule has 1 saturated carbocycles. The number of rotatable bonds is 6. The topological polar surface area (TPSA) is 103 Å². The minimum Gasteiger partial charge on any atom is -0.380 e. The van der Waals surface area contributed by atoms with Crippen LogP contribution in [0.2, 0.25) is 0 Å². The number of aromatic nitrogens is 2. The first-order chi connectivity index (χ1) is 8.22. The maximum Gasteiger partial charge on any atom is 0.292 e. The van der Waals surface area contributed by atoms with Gasteiger partial charge in [0, 0.05) is 19.7 Å². The van der Waals surface area contributed by atoms with Crippen LogP contribution in [0.3, 0.4) is 0 Å². The lowest BCUT2D eigenvalue weighted by Crippen LogP contribution is -2.27. The smallest absolute Gasteiger partial charge is 0.292 e. The van der Waals surface area contributed by atoms with Crippen LogP contribution in [0.5, 0.6) is 0 Å². The zero-order chi connectivity index (χ0) is 12.3. The Balaban J connectivity index is 1.92. The Morgan fingerprint density at radius 1 is 1.71 bits per heavy atom. The second-order valence-electron chi connectivity index (χ2n) is 4.06. The zero-order valence-corrected chi connectivity index (χ0v) is 9.68. The number of carbonyl (C=O) groups is 1. The van der Waals surface area contributed by atoms with Crippen molar-refractivity contribution in [3.05, 3.63) is 11.7 Å². The minimum atomic E-state index is -0.288. The van der Waals surface area contributed by atoms with E-state index in [1.54, 1.807) is 7.11 Å².